The molecule has 25 heavy (non-hydrogen) atoms. The molecule has 1 aromatic rings. The van der Waals surface area contributed by atoms with Crippen LogP contribution in [-0.2, 0) is 23.9 Å². The van der Waals surface area contributed by atoms with E-state index in [0.29, 0.717) is 0 Å². The molecule has 2 amide bonds. The number of primary amides is 1. The fourth-order valence-electron chi connectivity index (χ4n) is 2.30. The number of nitrogens with one attached hydrogen (secondary N) is 1. The van der Waals surface area contributed by atoms with Crippen molar-refractivity contribution in [1.82, 2.24) is 5.32 Å². The van der Waals surface area contributed by atoms with Gasteiger partial charge >= 0.3 is 11.9 Å². The molecule has 8 nitrogen and oxygen atoms in total. The first-order valence-corrected chi connectivity index (χ1v) is 7.24. The van der Waals surface area contributed by atoms with Crippen molar-refractivity contribution in [3.63, 3.8) is 0 Å². The van der Waals surface area contributed by atoms with Crippen molar-refractivity contribution < 1.29 is 33.0 Å². The van der Waals surface area contributed by atoms with E-state index < -0.39 is 47.4 Å². The summed E-state index contributed by atoms with van der Waals surface area (Å²) in [6.45, 7) is 1.34. The fraction of sp³-hybridized carbons (Fsp3) is 0.375. The first-order chi connectivity index (χ1) is 11.7. The molecule has 0 aliphatic carbocycles. The van der Waals surface area contributed by atoms with E-state index in [1.165, 1.54) is 25.1 Å². The van der Waals surface area contributed by atoms with Crippen LogP contribution in [0.25, 0.3) is 0 Å². The van der Waals surface area contributed by atoms with Gasteiger partial charge in [0.1, 0.15) is 11.9 Å². The van der Waals surface area contributed by atoms with Crippen molar-refractivity contribution in [1.29, 1.82) is 0 Å². The van der Waals surface area contributed by atoms with Crippen LogP contribution in [0.2, 0.25) is 0 Å². The second-order valence-electron chi connectivity index (χ2n) is 5.22. The Morgan fingerprint density at radius 3 is 2.04 bits per heavy atom. The highest BCUT2D eigenvalue weighted by molar-refractivity contribution is 5.99. The van der Waals surface area contributed by atoms with Gasteiger partial charge in [0.05, 0.1) is 19.8 Å². The van der Waals surface area contributed by atoms with E-state index in [2.05, 4.69) is 14.8 Å². The normalized spacial score (nSPS) is 12.8. The summed E-state index contributed by atoms with van der Waals surface area (Å²) < 4.78 is 22.8. The molecule has 1 rings (SSSR count). The Morgan fingerprint density at radius 1 is 1.08 bits per heavy atom. The van der Waals surface area contributed by atoms with E-state index in [-0.39, 0.29) is 5.56 Å². The fourth-order valence-corrected chi connectivity index (χ4v) is 2.30. The molecule has 3 N–H and O–H groups in total. The van der Waals surface area contributed by atoms with Crippen LogP contribution in [-0.4, -0.2) is 44.0 Å². The van der Waals surface area contributed by atoms with Gasteiger partial charge in [0.15, 0.2) is 5.92 Å². The molecule has 0 heterocycles. The summed E-state index contributed by atoms with van der Waals surface area (Å²) in [5.41, 5.74) is 4.96. The molecule has 136 valence electrons. The highest BCUT2D eigenvalue weighted by Gasteiger charge is 2.41. The first kappa shape index (κ1) is 20.1. The van der Waals surface area contributed by atoms with Gasteiger partial charge in [-0.05, 0) is 12.1 Å². The summed E-state index contributed by atoms with van der Waals surface area (Å²) in [5.74, 6) is -7.20. The molecular weight excluding hydrogens is 335 g/mol. The van der Waals surface area contributed by atoms with E-state index in [0.717, 1.165) is 20.3 Å². The third-order valence-electron chi connectivity index (χ3n) is 3.67. The highest BCUT2D eigenvalue weighted by Crippen LogP contribution is 2.20. The number of amides is 2. The molecule has 0 fully saturated rings. The summed E-state index contributed by atoms with van der Waals surface area (Å²) >= 11 is 0. The standard InChI is InChI=1S/C16H19FN2O6/c1-8(11(15(22)24-2)16(23)25-3)12(13(18)20)19-14(21)9-6-4-5-7-10(9)17/h4-8,11-12H,1-3H3,(H2,18,20)(H,19,21)/t8-,12-/m0/s1. The third kappa shape index (κ3) is 4.75. The van der Waals surface area contributed by atoms with Gasteiger partial charge in [0, 0.05) is 5.92 Å². The molecule has 0 unspecified atom stereocenters. The lowest BCUT2D eigenvalue weighted by Gasteiger charge is -2.26. The number of nitrogens with two attached hydrogens (primary N) is 1. The third-order valence-corrected chi connectivity index (χ3v) is 3.67. The average Bonchev–Trinajstić information content (AvgIpc) is 2.58. The van der Waals surface area contributed by atoms with Crippen LogP contribution in [0.15, 0.2) is 24.3 Å². The molecule has 0 saturated heterocycles. The number of carbonyl (C=O) groups excluding carboxylic acids is 4. The monoisotopic (exact) mass is 354 g/mol. The predicted octanol–water partition coefficient (Wildman–Crippen LogP) is 0.00770. The van der Waals surface area contributed by atoms with Gasteiger partial charge in [0.2, 0.25) is 5.91 Å². The predicted molar refractivity (Wildman–Crippen MR) is 83.5 cm³/mol. The van der Waals surface area contributed by atoms with Gasteiger partial charge in [-0.25, -0.2) is 4.39 Å². The quantitative estimate of drug-likeness (QED) is 0.525. The molecule has 0 bridgehead atoms. The zero-order valence-electron chi connectivity index (χ0n) is 13.9. The number of rotatable bonds is 7. The molecule has 0 spiro atoms. The Labute approximate surface area is 143 Å². The summed E-state index contributed by atoms with van der Waals surface area (Å²) in [5, 5.41) is 2.24. The van der Waals surface area contributed by atoms with Gasteiger partial charge in [-0.3, -0.25) is 19.2 Å². The molecule has 0 radical (unpaired) electrons. The zero-order valence-corrected chi connectivity index (χ0v) is 13.9. The van der Waals surface area contributed by atoms with Crippen molar-refractivity contribution in [3.8, 4) is 0 Å². The molecule has 0 aliphatic rings. The Morgan fingerprint density at radius 2 is 1.60 bits per heavy atom. The van der Waals surface area contributed by atoms with Crippen LogP contribution in [0.1, 0.15) is 17.3 Å². The van der Waals surface area contributed by atoms with Crippen molar-refractivity contribution in [3.05, 3.63) is 35.6 Å². The van der Waals surface area contributed by atoms with Crippen LogP contribution in [0.3, 0.4) is 0 Å². The Hall–Kier alpha value is -2.97. The lowest BCUT2D eigenvalue weighted by Crippen LogP contribution is -2.53. The summed E-state index contributed by atoms with van der Waals surface area (Å²) in [6, 6.07) is 3.68. The molecule has 0 saturated carbocycles. The Kier molecular flexibility index (Phi) is 7.04. The summed E-state index contributed by atoms with van der Waals surface area (Å²) in [6.07, 6.45) is 0. The topological polar surface area (TPSA) is 125 Å². The van der Waals surface area contributed by atoms with Crippen molar-refractivity contribution in [2.75, 3.05) is 14.2 Å². The number of carbonyl (C=O) groups is 4. The Bertz CT molecular complexity index is 662. The minimum Gasteiger partial charge on any atom is -0.468 e. The van der Waals surface area contributed by atoms with E-state index in [1.54, 1.807) is 0 Å². The van der Waals surface area contributed by atoms with E-state index in [1.807, 2.05) is 0 Å². The van der Waals surface area contributed by atoms with Crippen LogP contribution in [0.5, 0.6) is 0 Å². The maximum Gasteiger partial charge on any atom is 0.320 e. The van der Waals surface area contributed by atoms with Crippen molar-refractivity contribution in [2.45, 2.75) is 13.0 Å². The number of halogens is 1. The molecule has 0 aromatic heterocycles. The molecule has 2 atom stereocenters. The lowest BCUT2D eigenvalue weighted by molar-refractivity contribution is -0.161. The van der Waals surface area contributed by atoms with Gasteiger partial charge in [-0.15, -0.1) is 0 Å². The average molecular weight is 354 g/mol. The largest absolute Gasteiger partial charge is 0.468 e. The number of methoxy groups -OCH3 is 2. The van der Waals surface area contributed by atoms with Crippen molar-refractivity contribution >= 4 is 23.8 Å². The smallest absolute Gasteiger partial charge is 0.320 e. The van der Waals surface area contributed by atoms with Crippen LogP contribution < -0.4 is 11.1 Å². The van der Waals surface area contributed by atoms with Gasteiger partial charge in [-0.2, -0.15) is 0 Å². The van der Waals surface area contributed by atoms with Gasteiger partial charge in [-0.1, -0.05) is 19.1 Å². The Balaban J connectivity index is 3.11. The zero-order chi connectivity index (χ0) is 19.1. The second kappa shape index (κ2) is 8.76. The number of ether oxygens (including phenoxy) is 2. The van der Waals surface area contributed by atoms with E-state index in [9.17, 15) is 23.6 Å². The second-order valence-corrected chi connectivity index (χ2v) is 5.22. The molecule has 1 aromatic carbocycles. The molecule has 9 heteroatoms. The number of hydrogen-bond donors (Lipinski definition) is 2. The number of hydrogen-bond acceptors (Lipinski definition) is 6. The lowest BCUT2D eigenvalue weighted by atomic mass is 9.86. The maximum atomic E-state index is 13.7. The summed E-state index contributed by atoms with van der Waals surface area (Å²) in [7, 11) is 2.12. The highest BCUT2D eigenvalue weighted by atomic mass is 19.1. The van der Waals surface area contributed by atoms with Gasteiger partial charge in [0.25, 0.3) is 5.91 Å². The number of benzene rings is 1. The van der Waals surface area contributed by atoms with Crippen molar-refractivity contribution in [2.24, 2.45) is 17.6 Å². The van der Waals surface area contributed by atoms with Gasteiger partial charge < -0.3 is 20.5 Å². The maximum absolute atomic E-state index is 13.7. The van der Waals surface area contributed by atoms with E-state index >= 15 is 0 Å². The van der Waals surface area contributed by atoms with Crippen LogP contribution in [0.4, 0.5) is 4.39 Å². The summed E-state index contributed by atoms with van der Waals surface area (Å²) in [4.78, 5) is 47.6. The SMILES string of the molecule is COC(=O)C(C(=O)OC)[C@H](C)[C@H](NC(=O)c1ccccc1F)C(N)=O. The minimum atomic E-state index is -1.49. The first-order valence-electron chi connectivity index (χ1n) is 7.24. The van der Waals surface area contributed by atoms with Crippen LogP contribution >= 0.6 is 0 Å². The molecule has 0 aliphatic heterocycles. The van der Waals surface area contributed by atoms with E-state index in [4.69, 9.17) is 5.73 Å². The van der Waals surface area contributed by atoms with Crippen LogP contribution in [0, 0.1) is 17.7 Å². The molecular formula is C16H19FN2O6. The minimum absolute atomic E-state index is 0.311. The number of esters is 2.